The Morgan fingerprint density at radius 3 is 2.80 bits per heavy atom. The van der Waals surface area contributed by atoms with Crippen LogP contribution in [0.3, 0.4) is 0 Å². The van der Waals surface area contributed by atoms with E-state index in [9.17, 15) is 0 Å². The molecule has 0 radical (unpaired) electrons. The van der Waals surface area contributed by atoms with Gasteiger partial charge >= 0.3 is 0 Å². The molecule has 1 aromatic rings. The first-order valence-electron chi connectivity index (χ1n) is 5.21. The molecular formula is C10H15N5. The van der Waals surface area contributed by atoms with Crippen LogP contribution in [0.1, 0.15) is 31.2 Å². The lowest BCUT2D eigenvalue weighted by Crippen LogP contribution is -2.32. The van der Waals surface area contributed by atoms with Gasteiger partial charge in [0.15, 0.2) is 0 Å². The fourth-order valence-corrected chi connectivity index (χ4v) is 1.84. The van der Waals surface area contributed by atoms with Crippen LogP contribution in [0, 0.1) is 0 Å². The maximum Gasteiger partial charge on any atom is 0.144 e. The molecule has 0 aliphatic heterocycles. The number of aliphatic imine (C=N–C) groups is 1. The van der Waals surface area contributed by atoms with E-state index in [0.29, 0.717) is 11.9 Å². The number of nitrogens with two attached hydrogens (primary N) is 1. The van der Waals surface area contributed by atoms with Crippen molar-refractivity contribution in [2.75, 3.05) is 0 Å². The van der Waals surface area contributed by atoms with E-state index in [2.05, 4.69) is 20.6 Å². The number of rotatable bonds is 2. The molecule has 0 aromatic carbocycles. The third kappa shape index (κ3) is 2.50. The lowest BCUT2D eigenvalue weighted by Gasteiger charge is -2.08. The Labute approximate surface area is 88.8 Å². The lowest BCUT2D eigenvalue weighted by atomic mass is 10.2. The summed E-state index contributed by atoms with van der Waals surface area (Å²) in [6.07, 6.45) is 8.14. The van der Waals surface area contributed by atoms with Crippen molar-refractivity contribution < 1.29 is 0 Å². The Kier molecular flexibility index (Phi) is 3.24. The predicted octanol–water partition coefficient (Wildman–Crippen LogP) is 0.629. The summed E-state index contributed by atoms with van der Waals surface area (Å²) in [6.45, 7) is 0. The van der Waals surface area contributed by atoms with Crippen LogP contribution in [0.4, 0.5) is 0 Å². The highest BCUT2D eigenvalue weighted by Crippen LogP contribution is 2.21. The summed E-state index contributed by atoms with van der Waals surface area (Å²) in [5, 5.41) is 7.52. The molecule has 1 aliphatic rings. The van der Waals surface area contributed by atoms with Crippen LogP contribution in [0.5, 0.6) is 0 Å². The van der Waals surface area contributed by atoms with E-state index in [1.54, 1.807) is 12.4 Å². The standard InChI is InChI=1S/C10H15N5/c11-15-10(8-5-6-12-13-7-8)14-9-3-1-2-4-9/h5-7,9H,1-4,11H2,(H,14,15). The van der Waals surface area contributed by atoms with Crippen molar-refractivity contribution in [3.63, 3.8) is 0 Å². The molecule has 0 atom stereocenters. The summed E-state index contributed by atoms with van der Waals surface area (Å²) in [4.78, 5) is 4.58. The van der Waals surface area contributed by atoms with Gasteiger partial charge in [-0.25, -0.2) is 5.84 Å². The number of hydrazine groups is 1. The third-order valence-corrected chi connectivity index (χ3v) is 2.63. The number of hydrogen-bond acceptors (Lipinski definition) is 4. The Morgan fingerprint density at radius 1 is 1.40 bits per heavy atom. The van der Waals surface area contributed by atoms with Crippen molar-refractivity contribution in [3.8, 4) is 0 Å². The van der Waals surface area contributed by atoms with Crippen molar-refractivity contribution in [1.29, 1.82) is 0 Å². The molecule has 5 heteroatoms. The Bertz CT molecular complexity index is 329. The third-order valence-electron chi connectivity index (χ3n) is 2.63. The van der Waals surface area contributed by atoms with Crippen LogP contribution in [0.25, 0.3) is 0 Å². The van der Waals surface area contributed by atoms with E-state index in [4.69, 9.17) is 5.84 Å². The van der Waals surface area contributed by atoms with Crippen LogP contribution in [-0.2, 0) is 0 Å². The summed E-state index contributed by atoms with van der Waals surface area (Å²) in [5.41, 5.74) is 3.52. The van der Waals surface area contributed by atoms with Crippen LogP contribution in [0.2, 0.25) is 0 Å². The molecule has 0 saturated heterocycles. The second kappa shape index (κ2) is 4.84. The Hall–Kier alpha value is -1.49. The average Bonchev–Trinajstić information content (AvgIpc) is 2.80. The summed E-state index contributed by atoms with van der Waals surface area (Å²) >= 11 is 0. The van der Waals surface area contributed by atoms with Gasteiger partial charge in [0.2, 0.25) is 0 Å². The number of nitrogens with one attached hydrogen (secondary N) is 1. The monoisotopic (exact) mass is 205 g/mol. The number of nitrogens with zero attached hydrogens (tertiary/aromatic N) is 3. The highest BCUT2D eigenvalue weighted by Gasteiger charge is 2.15. The molecule has 80 valence electrons. The van der Waals surface area contributed by atoms with Gasteiger partial charge in [0, 0.05) is 5.56 Å². The highest BCUT2D eigenvalue weighted by molar-refractivity contribution is 5.98. The van der Waals surface area contributed by atoms with E-state index in [-0.39, 0.29) is 0 Å². The number of amidine groups is 1. The van der Waals surface area contributed by atoms with Crippen molar-refractivity contribution >= 4 is 5.84 Å². The number of aromatic nitrogens is 2. The second-order valence-corrected chi connectivity index (χ2v) is 3.69. The molecule has 1 fully saturated rings. The van der Waals surface area contributed by atoms with Crippen LogP contribution < -0.4 is 11.3 Å². The lowest BCUT2D eigenvalue weighted by molar-refractivity contribution is 0.700. The summed E-state index contributed by atoms with van der Waals surface area (Å²) in [5.74, 6) is 6.16. The Balaban J connectivity index is 2.16. The fourth-order valence-electron chi connectivity index (χ4n) is 1.84. The highest BCUT2D eigenvalue weighted by atomic mass is 15.3. The molecule has 1 aromatic heterocycles. The first-order valence-corrected chi connectivity index (χ1v) is 5.21. The molecular weight excluding hydrogens is 190 g/mol. The Morgan fingerprint density at radius 2 is 2.20 bits per heavy atom. The normalized spacial score (nSPS) is 18.1. The second-order valence-electron chi connectivity index (χ2n) is 3.69. The molecule has 1 aliphatic carbocycles. The molecule has 3 N–H and O–H groups in total. The zero-order valence-corrected chi connectivity index (χ0v) is 8.56. The van der Waals surface area contributed by atoms with E-state index in [0.717, 1.165) is 18.4 Å². The van der Waals surface area contributed by atoms with Crippen molar-refractivity contribution in [2.24, 2.45) is 10.8 Å². The van der Waals surface area contributed by atoms with Gasteiger partial charge < -0.3 is 5.43 Å². The molecule has 0 unspecified atom stereocenters. The van der Waals surface area contributed by atoms with Gasteiger partial charge in [-0.15, -0.1) is 0 Å². The summed E-state index contributed by atoms with van der Waals surface area (Å²) < 4.78 is 0. The molecule has 1 saturated carbocycles. The van der Waals surface area contributed by atoms with Crippen LogP contribution >= 0.6 is 0 Å². The van der Waals surface area contributed by atoms with Gasteiger partial charge in [-0.05, 0) is 18.9 Å². The minimum Gasteiger partial charge on any atom is -0.308 e. The van der Waals surface area contributed by atoms with Gasteiger partial charge in [0.05, 0.1) is 18.4 Å². The van der Waals surface area contributed by atoms with E-state index in [1.807, 2.05) is 6.07 Å². The van der Waals surface area contributed by atoms with E-state index in [1.165, 1.54) is 12.8 Å². The zero-order chi connectivity index (χ0) is 10.5. The van der Waals surface area contributed by atoms with E-state index >= 15 is 0 Å². The summed E-state index contributed by atoms with van der Waals surface area (Å²) in [6, 6.07) is 2.25. The zero-order valence-electron chi connectivity index (χ0n) is 8.56. The van der Waals surface area contributed by atoms with Gasteiger partial charge in [-0.1, -0.05) is 12.8 Å². The van der Waals surface area contributed by atoms with Gasteiger partial charge in [-0.2, -0.15) is 10.2 Å². The first kappa shape index (κ1) is 10.0. The molecule has 1 heterocycles. The minimum atomic E-state index is 0.407. The maximum absolute atomic E-state index is 5.45. The molecule has 0 amide bonds. The number of hydrogen-bond donors (Lipinski definition) is 2. The van der Waals surface area contributed by atoms with E-state index < -0.39 is 0 Å². The SMILES string of the molecule is NNC(=NC1CCCC1)c1ccnnc1. The maximum atomic E-state index is 5.45. The van der Waals surface area contributed by atoms with Gasteiger partial charge in [0.25, 0.3) is 0 Å². The van der Waals surface area contributed by atoms with Crippen LogP contribution in [0.15, 0.2) is 23.5 Å². The molecule has 5 nitrogen and oxygen atoms in total. The molecule has 0 spiro atoms. The van der Waals surface area contributed by atoms with Crippen LogP contribution in [-0.4, -0.2) is 22.1 Å². The van der Waals surface area contributed by atoms with Gasteiger partial charge in [0.1, 0.15) is 5.84 Å². The molecule has 2 rings (SSSR count). The largest absolute Gasteiger partial charge is 0.308 e. The topological polar surface area (TPSA) is 76.2 Å². The molecule has 0 bridgehead atoms. The van der Waals surface area contributed by atoms with Crippen molar-refractivity contribution in [2.45, 2.75) is 31.7 Å². The average molecular weight is 205 g/mol. The van der Waals surface area contributed by atoms with Crippen molar-refractivity contribution in [3.05, 3.63) is 24.0 Å². The first-order chi connectivity index (χ1) is 7.40. The minimum absolute atomic E-state index is 0.407. The smallest absolute Gasteiger partial charge is 0.144 e. The summed E-state index contributed by atoms with van der Waals surface area (Å²) in [7, 11) is 0. The van der Waals surface area contributed by atoms with Crippen molar-refractivity contribution in [1.82, 2.24) is 15.6 Å². The fraction of sp³-hybridized carbons (Fsp3) is 0.500. The quantitative estimate of drug-likeness (QED) is 0.321. The predicted molar refractivity (Wildman–Crippen MR) is 58.1 cm³/mol. The molecule has 15 heavy (non-hydrogen) atoms. The van der Waals surface area contributed by atoms with Gasteiger partial charge in [-0.3, -0.25) is 4.99 Å².